The zero-order valence-corrected chi connectivity index (χ0v) is 10.9. The molecule has 0 aromatic rings. The number of nitrogens with one attached hydrogen (secondary N) is 1. The summed E-state index contributed by atoms with van der Waals surface area (Å²) in [4.78, 5) is 2.57. The van der Waals surface area contributed by atoms with Gasteiger partial charge in [0, 0.05) is 12.1 Å². The molecule has 3 nitrogen and oxygen atoms in total. The molecule has 1 heterocycles. The van der Waals surface area contributed by atoms with Gasteiger partial charge in [0.15, 0.2) is 0 Å². The molecule has 1 aliphatic heterocycles. The molecule has 0 aromatic carbocycles. The minimum Gasteiger partial charge on any atom is -0.395 e. The van der Waals surface area contributed by atoms with Crippen LogP contribution in [0.3, 0.4) is 0 Å². The molecule has 3 heteroatoms. The van der Waals surface area contributed by atoms with Gasteiger partial charge in [-0.05, 0) is 51.7 Å². The average molecular weight is 228 g/mol. The van der Waals surface area contributed by atoms with Gasteiger partial charge in [-0.1, -0.05) is 13.8 Å². The monoisotopic (exact) mass is 228 g/mol. The molecule has 1 rings (SSSR count). The van der Waals surface area contributed by atoms with E-state index < -0.39 is 0 Å². The Labute approximate surface area is 100 Å². The van der Waals surface area contributed by atoms with E-state index in [0.29, 0.717) is 12.1 Å². The lowest BCUT2D eigenvalue weighted by atomic mass is 10.1. The van der Waals surface area contributed by atoms with Crippen LogP contribution in [0.1, 0.15) is 46.0 Å². The predicted molar refractivity (Wildman–Crippen MR) is 68.7 cm³/mol. The Bertz CT molecular complexity index is 171. The predicted octanol–water partition coefficient (Wildman–Crippen LogP) is 1.61. The lowest BCUT2D eigenvalue weighted by Gasteiger charge is -2.23. The second-order valence-corrected chi connectivity index (χ2v) is 4.92. The third-order valence-corrected chi connectivity index (χ3v) is 3.55. The summed E-state index contributed by atoms with van der Waals surface area (Å²) in [5, 5.41) is 12.8. The fourth-order valence-electron chi connectivity index (χ4n) is 2.50. The topological polar surface area (TPSA) is 35.5 Å². The SMILES string of the molecule is CCCN1CCCC(NC(CC)CO)CC1. The van der Waals surface area contributed by atoms with Gasteiger partial charge in [0.05, 0.1) is 6.61 Å². The molecule has 2 N–H and O–H groups in total. The number of hydrogen-bond acceptors (Lipinski definition) is 3. The highest BCUT2D eigenvalue weighted by molar-refractivity contribution is 4.78. The summed E-state index contributed by atoms with van der Waals surface area (Å²) in [6.07, 6.45) is 6.06. The Kier molecular flexibility index (Phi) is 7.01. The first-order chi connectivity index (χ1) is 7.80. The summed E-state index contributed by atoms with van der Waals surface area (Å²) in [6, 6.07) is 0.904. The van der Waals surface area contributed by atoms with Crippen molar-refractivity contribution in [2.24, 2.45) is 0 Å². The van der Waals surface area contributed by atoms with E-state index >= 15 is 0 Å². The molecule has 0 spiro atoms. The maximum Gasteiger partial charge on any atom is 0.0584 e. The van der Waals surface area contributed by atoms with E-state index in [1.165, 1.54) is 45.3 Å². The average Bonchev–Trinajstić information content (AvgIpc) is 2.52. The van der Waals surface area contributed by atoms with Crippen molar-refractivity contribution in [2.75, 3.05) is 26.2 Å². The maximum absolute atomic E-state index is 9.19. The van der Waals surface area contributed by atoms with Crippen molar-refractivity contribution in [2.45, 2.75) is 58.0 Å². The van der Waals surface area contributed by atoms with Crippen LogP contribution in [0, 0.1) is 0 Å². The fourth-order valence-corrected chi connectivity index (χ4v) is 2.50. The summed E-state index contributed by atoms with van der Waals surface area (Å²) in [6.45, 7) is 8.36. The fraction of sp³-hybridized carbons (Fsp3) is 1.00. The minimum absolute atomic E-state index is 0.270. The largest absolute Gasteiger partial charge is 0.395 e. The third-order valence-electron chi connectivity index (χ3n) is 3.55. The number of aliphatic hydroxyl groups excluding tert-OH is 1. The van der Waals surface area contributed by atoms with E-state index in [1.54, 1.807) is 0 Å². The number of nitrogens with zero attached hydrogens (tertiary/aromatic N) is 1. The van der Waals surface area contributed by atoms with Crippen LogP contribution in [-0.4, -0.2) is 48.3 Å². The van der Waals surface area contributed by atoms with Gasteiger partial charge in [-0.3, -0.25) is 0 Å². The lowest BCUT2D eigenvalue weighted by Crippen LogP contribution is -2.40. The summed E-state index contributed by atoms with van der Waals surface area (Å²) >= 11 is 0. The van der Waals surface area contributed by atoms with E-state index in [0.717, 1.165) is 6.42 Å². The molecule has 0 saturated carbocycles. The summed E-state index contributed by atoms with van der Waals surface area (Å²) in [7, 11) is 0. The summed E-state index contributed by atoms with van der Waals surface area (Å²) < 4.78 is 0. The van der Waals surface area contributed by atoms with Crippen molar-refractivity contribution in [3.05, 3.63) is 0 Å². The van der Waals surface area contributed by atoms with Gasteiger partial charge >= 0.3 is 0 Å². The molecular weight excluding hydrogens is 200 g/mol. The van der Waals surface area contributed by atoms with Crippen molar-refractivity contribution in [1.82, 2.24) is 10.2 Å². The van der Waals surface area contributed by atoms with Gasteiger partial charge in [-0.15, -0.1) is 0 Å². The zero-order chi connectivity index (χ0) is 11.8. The summed E-state index contributed by atoms with van der Waals surface area (Å²) in [5.74, 6) is 0. The van der Waals surface area contributed by atoms with Crippen molar-refractivity contribution in [3.8, 4) is 0 Å². The smallest absolute Gasteiger partial charge is 0.0584 e. The Hall–Kier alpha value is -0.120. The van der Waals surface area contributed by atoms with Gasteiger partial charge in [0.1, 0.15) is 0 Å². The molecule has 16 heavy (non-hydrogen) atoms. The standard InChI is InChI=1S/C13H28N2O/c1-3-8-15-9-5-6-13(7-10-15)14-12(4-2)11-16/h12-14,16H,3-11H2,1-2H3. The van der Waals surface area contributed by atoms with Crippen LogP contribution in [-0.2, 0) is 0 Å². The Morgan fingerprint density at radius 3 is 2.75 bits per heavy atom. The Balaban J connectivity index is 2.29. The first-order valence-electron chi connectivity index (χ1n) is 6.89. The second kappa shape index (κ2) is 8.04. The highest BCUT2D eigenvalue weighted by atomic mass is 16.3. The van der Waals surface area contributed by atoms with Crippen molar-refractivity contribution in [3.63, 3.8) is 0 Å². The molecule has 0 bridgehead atoms. The molecule has 0 radical (unpaired) electrons. The maximum atomic E-state index is 9.19. The Morgan fingerprint density at radius 2 is 2.12 bits per heavy atom. The quantitative estimate of drug-likeness (QED) is 0.725. The van der Waals surface area contributed by atoms with Gasteiger partial charge < -0.3 is 15.3 Å². The summed E-state index contributed by atoms with van der Waals surface area (Å²) in [5.41, 5.74) is 0. The number of hydrogen-bond donors (Lipinski definition) is 2. The molecular formula is C13H28N2O. The van der Waals surface area contributed by atoms with Gasteiger partial charge in [-0.25, -0.2) is 0 Å². The Morgan fingerprint density at radius 1 is 1.31 bits per heavy atom. The molecule has 1 aliphatic rings. The van der Waals surface area contributed by atoms with Gasteiger partial charge in [0.2, 0.25) is 0 Å². The van der Waals surface area contributed by atoms with Crippen LogP contribution in [0.2, 0.25) is 0 Å². The van der Waals surface area contributed by atoms with Crippen LogP contribution in [0.4, 0.5) is 0 Å². The van der Waals surface area contributed by atoms with E-state index in [2.05, 4.69) is 24.1 Å². The second-order valence-electron chi connectivity index (χ2n) is 4.92. The number of likely N-dealkylation sites (tertiary alicyclic amines) is 1. The van der Waals surface area contributed by atoms with Gasteiger partial charge in [0.25, 0.3) is 0 Å². The molecule has 0 amide bonds. The molecule has 0 aliphatic carbocycles. The van der Waals surface area contributed by atoms with E-state index in [1.807, 2.05) is 0 Å². The van der Waals surface area contributed by atoms with E-state index in [-0.39, 0.29) is 6.61 Å². The highest BCUT2D eigenvalue weighted by Crippen LogP contribution is 2.12. The molecule has 96 valence electrons. The zero-order valence-electron chi connectivity index (χ0n) is 10.9. The van der Waals surface area contributed by atoms with Crippen molar-refractivity contribution >= 4 is 0 Å². The molecule has 2 unspecified atom stereocenters. The van der Waals surface area contributed by atoms with Crippen LogP contribution in [0.15, 0.2) is 0 Å². The van der Waals surface area contributed by atoms with Gasteiger partial charge in [-0.2, -0.15) is 0 Å². The molecule has 0 aromatic heterocycles. The van der Waals surface area contributed by atoms with E-state index in [9.17, 15) is 5.11 Å². The lowest BCUT2D eigenvalue weighted by molar-refractivity contribution is 0.221. The molecule has 1 saturated heterocycles. The van der Waals surface area contributed by atoms with Crippen LogP contribution >= 0.6 is 0 Å². The van der Waals surface area contributed by atoms with Crippen LogP contribution < -0.4 is 5.32 Å². The third kappa shape index (κ3) is 4.81. The van der Waals surface area contributed by atoms with Crippen molar-refractivity contribution < 1.29 is 5.11 Å². The van der Waals surface area contributed by atoms with Crippen LogP contribution in [0.25, 0.3) is 0 Å². The van der Waals surface area contributed by atoms with Crippen molar-refractivity contribution in [1.29, 1.82) is 0 Å². The minimum atomic E-state index is 0.270. The van der Waals surface area contributed by atoms with Crippen LogP contribution in [0.5, 0.6) is 0 Å². The normalized spacial score (nSPS) is 25.3. The van der Waals surface area contributed by atoms with E-state index in [4.69, 9.17) is 0 Å². The highest BCUT2D eigenvalue weighted by Gasteiger charge is 2.18. The first-order valence-corrected chi connectivity index (χ1v) is 6.89. The molecule has 1 fully saturated rings. The number of rotatable bonds is 6. The first kappa shape index (κ1) is 13.9. The molecule has 2 atom stereocenters. The number of aliphatic hydroxyl groups is 1.